The number of rotatable bonds is 5. The lowest BCUT2D eigenvalue weighted by Crippen LogP contribution is -2.25. The van der Waals surface area contributed by atoms with Gasteiger partial charge >= 0.3 is 0 Å². The highest BCUT2D eigenvalue weighted by Crippen LogP contribution is 2.38. The molecule has 0 fully saturated rings. The van der Waals surface area contributed by atoms with E-state index >= 15 is 0 Å². The number of benzene rings is 5. The zero-order valence-corrected chi connectivity index (χ0v) is 19.4. The van der Waals surface area contributed by atoms with E-state index in [1.807, 2.05) is 0 Å². The van der Waals surface area contributed by atoms with E-state index in [9.17, 15) is 0 Å². The summed E-state index contributed by atoms with van der Waals surface area (Å²) in [7, 11) is 0. The van der Waals surface area contributed by atoms with Crippen molar-refractivity contribution >= 4 is 32.3 Å². The van der Waals surface area contributed by atoms with E-state index in [0.29, 0.717) is 5.92 Å². The first-order chi connectivity index (χ1) is 15.5. The molecule has 1 unspecified atom stereocenters. The van der Waals surface area contributed by atoms with Gasteiger partial charge in [-0.05, 0) is 87.8 Å². The first-order valence-corrected chi connectivity index (χ1v) is 11.6. The van der Waals surface area contributed by atoms with Gasteiger partial charge in [0.05, 0.1) is 0 Å². The second kappa shape index (κ2) is 7.98. The molecule has 0 heterocycles. The Balaban J connectivity index is 1.59. The van der Waals surface area contributed by atoms with Gasteiger partial charge in [-0.2, -0.15) is 0 Å². The van der Waals surface area contributed by atoms with Gasteiger partial charge in [0, 0.05) is 0 Å². The number of hydrogen-bond acceptors (Lipinski definition) is 1. The summed E-state index contributed by atoms with van der Waals surface area (Å²) in [6.45, 7) is 8.80. The van der Waals surface area contributed by atoms with E-state index in [2.05, 4.69) is 119 Å². The standard InChI is InChI=1S/C31H30O/c1-5-21(2)22-14-17-24(18-15-22)32-31(3,4)23-16-19-29-27-12-7-6-10-25(27)26-11-8-9-13-28(26)30(29)20-23/h6-21H,5H2,1-4H3. The minimum Gasteiger partial charge on any atom is -0.483 e. The second-order valence-corrected chi connectivity index (χ2v) is 9.34. The van der Waals surface area contributed by atoms with E-state index < -0.39 is 5.60 Å². The van der Waals surface area contributed by atoms with Gasteiger partial charge in [-0.3, -0.25) is 0 Å². The molecule has 5 aromatic carbocycles. The lowest BCUT2D eigenvalue weighted by molar-refractivity contribution is 0.109. The van der Waals surface area contributed by atoms with Crippen LogP contribution in [-0.4, -0.2) is 0 Å². The maximum absolute atomic E-state index is 6.50. The van der Waals surface area contributed by atoms with Crippen molar-refractivity contribution < 1.29 is 4.74 Å². The summed E-state index contributed by atoms with van der Waals surface area (Å²) >= 11 is 0. The van der Waals surface area contributed by atoms with Crippen molar-refractivity contribution in [1.82, 2.24) is 0 Å². The average Bonchev–Trinajstić information content (AvgIpc) is 2.83. The zero-order chi connectivity index (χ0) is 22.3. The zero-order valence-electron chi connectivity index (χ0n) is 19.4. The molecule has 0 amide bonds. The lowest BCUT2D eigenvalue weighted by atomic mass is 9.90. The van der Waals surface area contributed by atoms with Crippen molar-refractivity contribution in [2.24, 2.45) is 0 Å². The molecule has 32 heavy (non-hydrogen) atoms. The normalized spacial score (nSPS) is 13.0. The van der Waals surface area contributed by atoms with Crippen LogP contribution in [0.3, 0.4) is 0 Å². The molecular weight excluding hydrogens is 388 g/mol. The number of fused-ring (bicyclic) bond motifs is 6. The molecule has 0 spiro atoms. The van der Waals surface area contributed by atoms with Crippen molar-refractivity contribution in [3.63, 3.8) is 0 Å². The Labute approximate surface area is 190 Å². The predicted octanol–water partition coefficient (Wildman–Crippen LogP) is 8.97. The maximum Gasteiger partial charge on any atom is 0.128 e. The molecule has 0 bridgehead atoms. The van der Waals surface area contributed by atoms with Crippen LogP contribution in [0.25, 0.3) is 32.3 Å². The summed E-state index contributed by atoms with van der Waals surface area (Å²) < 4.78 is 6.50. The summed E-state index contributed by atoms with van der Waals surface area (Å²) in [5.41, 5.74) is 2.09. The van der Waals surface area contributed by atoms with E-state index in [-0.39, 0.29) is 0 Å². The maximum atomic E-state index is 6.50. The Kier molecular flexibility index (Phi) is 5.13. The SMILES string of the molecule is CCC(C)c1ccc(OC(C)(C)c2ccc3c4ccccc4c4ccccc4c3c2)cc1. The predicted molar refractivity (Wildman–Crippen MR) is 138 cm³/mol. The van der Waals surface area contributed by atoms with Gasteiger partial charge in [0.1, 0.15) is 11.4 Å². The Hall–Kier alpha value is -3.32. The first-order valence-electron chi connectivity index (χ1n) is 11.6. The molecule has 0 saturated carbocycles. The number of ether oxygens (including phenoxy) is 1. The molecule has 1 heteroatoms. The Morgan fingerprint density at radius 2 is 1.16 bits per heavy atom. The molecular formula is C31H30O. The Morgan fingerprint density at radius 1 is 0.656 bits per heavy atom. The average molecular weight is 419 g/mol. The van der Waals surface area contributed by atoms with Crippen molar-refractivity contribution in [3.8, 4) is 5.75 Å². The van der Waals surface area contributed by atoms with Crippen LogP contribution in [-0.2, 0) is 5.60 Å². The Morgan fingerprint density at radius 3 is 1.69 bits per heavy atom. The van der Waals surface area contributed by atoms with Crippen molar-refractivity contribution in [2.75, 3.05) is 0 Å². The molecule has 0 aliphatic heterocycles. The minimum absolute atomic E-state index is 0.446. The largest absolute Gasteiger partial charge is 0.483 e. The molecule has 0 N–H and O–H groups in total. The fourth-order valence-corrected chi connectivity index (χ4v) is 4.74. The van der Waals surface area contributed by atoms with Gasteiger partial charge < -0.3 is 4.74 Å². The molecule has 0 radical (unpaired) electrons. The monoisotopic (exact) mass is 418 g/mol. The fourth-order valence-electron chi connectivity index (χ4n) is 4.74. The van der Waals surface area contributed by atoms with Crippen molar-refractivity contribution in [3.05, 3.63) is 102 Å². The molecule has 0 aliphatic rings. The summed E-state index contributed by atoms with van der Waals surface area (Å²) in [4.78, 5) is 0. The quantitative estimate of drug-likeness (QED) is 0.259. The molecule has 0 saturated heterocycles. The molecule has 1 atom stereocenters. The second-order valence-electron chi connectivity index (χ2n) is 9.34. The van der Waals surface area contributed by atoms with Gasteiger partial charge in [0.15, 0.2) is 0 Å². The van der Waals surface area contributed by atoms with Crippen LogP contribution in [0.2, 0.25) is 0 Å². The highest BCUT2D eigenvalue weighted by Gasteiger charge is 2.24. The van der Waals surface area contributed by atoms with Crippen LogP contribution in [0.1, 0.15) is 51.2 Å². The summed E-state index contributed by atoms with van der Waals surface area (Å²) in [5, 5.41) is 7.76. The minimum atomic E-state index is -0.446. The van der Waals surface area contributed by atoms with Gasteiger partial charge in [-0.15, -0.1) is 0 Å². The molecule has 1 nitrogen and oxygen atoms in total. The van der Waals surface area contributed by atoms with Crippen LogP contribution in [0.4, 0.5) is 0 Å². The lowest BCUT2D eigenvalue weighted by Gasteiger charge is -2.28. The van der Waals surface area contributed by atoms with Gasteiger partial charge in [0.2, 0.25) is 0 Å². The molecule has 0 aromatic heterocycles. The summed E-state index contributed by atoms with van der Waals surface area (Å²) in [6, 6.07) is 32.8. The molecule has 5 rings (SSSR count). The van der Waals surface area contributed by atoms with Crippen LogP contribution in [0.5, 0.6) is 5.75 Å². The smallest absolute Gasteiger partial charge is 0.128 e. The number of hydrogen-bond donors (Lipinski definition) is 0. The first kappa shape index (κ1) is 20.6. The van der Waals surface area contributed by atoms with E-state index in [0.717, 1.165) is 12.2 Å². The van der Waals surface area contributed by atoms with E-state index in [1.54, 1.807) is 0 Å². The Bertz CT molecular complexity index is 1370. The van der Waals surface area contributed by atoms with Gasteiger partial charge in [0.25, 0.3) is 0 Å². The molecule has 5 aromatic rings. The molecule has 0 aliphatic carbocycles. The van der Waals surface area contributed by atoms with Crippen LogP contribution < -0.4 is 4.74 Å². The summed E-state index contributed by atoms with van der Waals surface area (Å²) in [6.07, 6.45) is 1.14. The van der Waals surface area contributed by atoms with Crippen molar-refractivity contribution in [1.29, 1.82) is 0 Å². The van der Waals surface area contributed by atoms with E-state index in [1.165, 1.54) is 43.4 Å². The highest BCUT2D eigenvalue weighted by atomic mass is 16.5. The van der Waals surface area contributed by atoms with Crippen LogP contribution in [0.15, 0.2) is 91.0 Å². The summed E-state index contributed by atoms with van der Waals surface area (Å²) in [5.74, 6) is 1.48. The van der Waals surface area contributed by atoms with Gasteiger partial charge in [-0.25, -0.2) is 0 Å². The third kappa shape index (κ3) is 3.52. The van der Waals surface area contributed by atoms with Crippen LogP contribution >= 0.6 is 0 Å². The third-order valence-electron chi connectivity index (χ3n) is 6.87. The highest BCUT2D eigenvalue weighted by molar-refractivity contribution is 6.25. The van der Waals surface area contributed by atoms with Crippen LogP contribution in [0, 0.1) is 0 Å². The topological polar surface area (TPSA) is 9.23 Å². The van der Waals surface area contributed by atoms with Gasteiger partial charge in [-0.1, -0.05) is 86.6 Å². The molecule has 160 valence electrons. The third-order valence-corrected chi connectivity index (χ3v) is 6.87. The van der Waals surface area contributed by atoms with Crippen molar-refractivity contribution in [2.45, 2.75) is 45.6 Å². The van der Waals surface area contributed by atoms with E-state index in [4.69, 9.17) is 4.74 Å². The fraction of sp³-hybridized carbons (Fsp3) is 0.226.